The van der Waals surface area contributed by atoms with Crippen LogP contribution in [0.15, 0.2) is 60.8 Å². The van der Waals surface area contributed by atoms with Crippen LogP contribution in [0.1, 0.15) is 34.5 Å². The third-order valence-corrected chi connectivity index (χ3v) is 7.40. The van der Waals surface area contributed by atoms with Crippen LogP contribution in [0.5, 0.6) is 0 Å². The Bertz CT molecular complexity index is 1500. The molecule has 0 bridgehead atoms. The van der Waals surface area contributed by atoms with Crippen molar-refractivity contribution >= 4 is 45.9 Å². The fraction of sp³-hybridized carbons (Fsp3) is 0.300. The summed E-state index contributed by atoms with van der Waals surface area (Å²) in [5, 5.41) is 7.01. The van der Waals surface area contributed by atoms with Gasteiger partial charge in [-0.2, -0.15) is 0 Å². The van der Waals surface area contributed by atoms with E-state index in [1.54, 1.807) is 29.0 Å². The molecule has 10 heteroatoms. The van der Waals surface area contributed by atoms with Crippen LogP contribution in [-0.4, -0.2) is 41.8 Å². The maximum Gasteiger partial charge on any atom is 0.356 e. The Balaban J connectivity index is 1.51. The molecule has 0 aliphatic carbocycles. The number of carbonyl (C=O) groups is 2. The van der Waals surface area contributed by atoms with Crippen molar-refractivity contribution in [3.63, 3.8) is 0 Å². The first-order valence-corrected chi connectivity index (χ1v) is 13.5. The molecular weight excluding hydrogens is 535 g/mol. The molecule has 1 aliphatic heterocycles. The molecule has 1 atom stereocenters. The second-order valence-electron chi connectivity index (χ2n) is 9.65. The van der Waals surface area contributed by atoms with E-state index in [9.17, 15) is 14.0 Å². The van der Waals surface area contributed by atoms with Gasteiger partial charge in [0.15, 0.2) is 5.69 Å². The van der Waals surface area contributed by atoms with Crippen molar-refractivity contribution in [3.05, 3.63) is 88.5 Å². The summed E-state index contributed by atoms with van der Waals surface area (Å²) in [6, 6.07) is 16.4. The number of esters is 1. The van der Waals surface area contributed by atoms with E-state index in [0.29, 0.717) is 59.2 Å². The number of nitrogens with one attached hydrogen (secondary N) is 2. The number of fused-ring (bicyclic) bond motifs is 1. The zero-order valence-corrected chi connectivity index (χ0v) is 22.8. The van der Waals surface area contributed by atoms with Gasteiger partial charge in [-0.3, -0.25) is 4.79 Å². The van der Waals surface area contributed by atoms with Gasteiger partial charge in [0.25, 0.3) is 0 Å². The van der Waals surface area contributed by atoms with Crippen molar-refractivity contribution in [3.8, 4) is 0 Å². The molecule has 1 aliphatic rings. The molecule has 0 radical (unpaired) electrons. The predicted octanol–water partition coefficient (Wildman–Crippen LogP) is 5.84. The van der Waals surface area contributed by atoms with E-state index in [1.807, 2.05) is 18.2 Å². The number of anilines is 2. The first-order chi connectivity index (χ1) is 19.5. The number of ether oxygens (including phenoxy) is 2. The summed E-state index contributed by atoms with van der Waals surface area (Å²) in [4.78, 5) is 30.9. The summed E-state index contributed by atoms with van der Waals surface area (Å²) in [6.07, 6.45) is 3.74. The molecule has 1 saturated heterocycles. The molecular formula is C30H30ClFN4O4. The van der Waals surface area contributed by atoms with Crippen molar-refractivity contribution in [2.24, 2.45) is 5.92 Å². The molecule has 8 nitrogen and oxygen atoms in total. The Morgan fingerprint density at radius 2 is 2.02 bits per heavy atom. The highest BCUT2D eigenvalue weighted by Crippen LogP contribution is 2.34. The van der Waals surface area contributed by atoms with E-state index in [4.69, 9.17) is 21.1 Å². The molecule has 3 heterocycles. The van der Waals surface area contributed by atoms with Gasteiger partial charge in [-0.25, -0.2) is 14.2 Å². The fourth-order valence-corrected chi connectivity index (χ4v) is 5.15. The predicted molar refractivity (Wildman–Crippen MR) is 152 cm³/mol. The standard InChI is InChI=1S/C30H30ClFN4O4/c1-39-30(38)27-26(35-29(37)20-12-14-40-18-20)22-15-21(33-17-23-24(31)10-5-11-25(23)32)16-34-28(22)36(27)13-6-9-19-7-3-2-4-8-19/h2-5,7-8,10-11,15-16,20,33H,6,9,12-14,17-18H2,1H3,(H,35,37). The summed E-state index contributed by atoms with van der Waals surface area (Å²) < 4.78 is 26.7. The number of aryl methyl sites for hydroxylation is 2. The van der Waals surface area contributed by atoms with Gasteiger partial charge in [-0.15, -0.1) is 0 Å². The Hall–Kier alpha value is -3.95. The summed E-state index contributed by atoms with van der Waals surface area (Å²) >= 11 is 6.20. The minimum atomic E-state index is -0.580. The van der Waals surface area contributed by atoms with E-state index in [1.165, 1.54) is 18.7 Å². The molecule has 0 spiro atoms. The second-order valence-corrected chi connectivity index (χ2v) is 10.1. The topological polar surface area (TPSA) is 94.5 Å². The Labute approximate surface area is 236 Å². The Kier molecular flexibility index (Phi) is 8.62. The molecule has 1 amide bonds. The van der Waals surface area contributed by atoms with E-state index in [-0.39, 0.29) is 24.1 Å². The first-order valence-electron chi connectivity index (χ1n) is 13.2. The Morgan fingerprint density at radius 3 is 2.75 bits per heavy atom. The number of hydrogen-bond acceptors (Lipinski definition) is 6. The quantitative estimate of drug-likeness (QED) is 0.235. The lowest BCUT2D eigenvalue weighted by molar-refractivity contribution is -0.119. The van der Waals surface area contributed by atoms with Gasteiger partial charge in [-0.05, 0) is 43.0 Å². The highest BCUT2D eigenvalue weighted by molar-refractivity contribution is 6.31. The molecule has 208 valence electrons. The van der Waals surface area contributed by atoms with Crippen LogP contribution in [0.2, 0.25) is 5.02 Å². The molecule has 2 N–H and O–H groups in total. The monoisotopic (exact) mass is 564 g/mol. The lowest BCUT2D eigenvalue weighted by Crippen LogP contribution is -2.24. The van der Waals surface area contributed by atoms with Crippen molar-refractivity contribution in [2.75, 3.05) is 31.0 Å². The van der Waals surface area contributed by atoms with Gasteiger partial charge in [0.05, 0.1) is 37.2 Å². The number of hydrogen-bond donors (Lipinski definition) is 2. The van der Waals surface area contributed by atoms with E-state index in [2.05, 4.69) is 27.8 Å². The molecule has 4 aromatic rings. The van der Waals surface area contributed by atoms with E-state index in [0.717, 1.165) is 12.8 Å². The second kappa shape index (κ2) is 12.5. The number of amides is 1. The summed E-state index contributed by atoms with van der Waals surface area (Å²) in [6.45, 7) is 1.44. The van der Waals surface area contributed by atoms with Crippen molar-refractivity contribution in [1.29, 1.82) is 0 Å². The first kappa shape index (κ1) is 27.6. The van der Waals surface area contributed by atoms with Crippen LogP contribution >= 0.6 is 11.6 Å². The largest absolute Gasteiger partial charge is 0.464 e. The molecule has 2 aromatic carbocycles. The van der Waals surface area contributed by atoms with Gasteiger partial charge in [0.2, 0.25) is 5.91 Å². The lowest BCUT2D eigenvalue weighted by atomic mass is 10.1. The molecule has 0 saturated carbocycles. The van der Waals surface area contributed by atoms with Crippen LogP contribution < -0.4 is 10.6 Å². The third-order valence-electron chi connectivity index (χ3n) is 7.05. The average Bonchev–Trinajstić information content (AvgIpc) is 3.60. The number of rotatable bonds is 10. The molecule has 5 rings (SSSR count). The molecule has 40 heavy (non-hydrogen) atoms. The maximum absolute atomic E-state index is 14.3. The van der Waals surface area contributed by atoms with Gasteiger partial charge in [-0.1, -0.05) is 48.0 Å². The van der Waals surface area contributed by atoms with Crippen LogP contribution in [0.25, 0.3) is 11.0 Å². The number of pyridine rings is 1. The zero-order chi connectivity index (χ0) is 28.1. The van der Waals surface area contributed by atoms with Crippen LogP contribution in [0.4, 0.5) is 15.8 Å². The average molecular weight is 565 g/mol. The van der Waals surface area contributed by atoms with Crippen LogP contribution in [-0.2, 0) is 33.8 Å². The number of aromatic nitrogens is 2. The normalized spacial score (nSPS) is 14.8. The summed E-state index contributed by atoms with van der Waals surface area (Å²) in [5.74, 6) is -1.55. The van der Waals surface area contributed by atoms with Gasteiger partial charge >= 0.3 is 5.97 Å². The number of carbonyl (C=O) groups excluding carboxylic acids is 2. The third kappa shape index (κ3) is 5.95. The number of methoxy groups -OCH3 is 1. The Morgan fingerprint density at radius 1 is 1.20 bits per heavy atom. The van der Waals surface area contributed by atoms with Crippen molar-refractivity contribution in [2.45, 2.75) is 32.4 Å². The highest BCUT2D eigenvalue weighted by atomic mass is 35.5. The minimum Gasteiger partial charge on any atom is -0.464 e. The zero-order valence-electron chi connectivity index (χ0n) is 22.1. The van der Waals surface area contributed by atoms with Crippen LogP contribution in [0, 0.1) is 11.7 Å². The maximum atomic E-state index is 14.3. The minimum absolute atomic E-state index is 0.126. The van der Waals surface area contributed by atoms with Crippen LogP contribution in [0.3, 0.4) is 0 Å². The van der Waals surface area contributed by atoms with Gasteiger partial charge in [0, 0.05) is 35.7 Å². The fourth-order valence-electron chi connectivity index (χ4n) is 4.92. The van der Waals surface area contributed by atoms with Gasteiger partial charge < -0.3 is 24.7 Å². The SMILES string of the molecule is COC(=O)c1c(NC(=O)C2CCOC2)c2cc(NCc3c(F)cccc3Cl)cnc2n1CCCc1ccccc1. The number of nitrogens with zero attached hydrogens (tertiary/aromatic N) is 2. The summed E-state index contributed by atoms with van der Waals surface area (Å²) in [7, 11) is 1.31. The smallest absolute Gasteiger partial charge is 0.356 e. The molecule has 1 unspecified atom stereocenters. The number of benzene rings is 2. The van der Waals surface area contributed by atoms with E-state index < -0.39 is 11.8 Å². The van der Waals surface area contributed by atoms with Crippen molar-refractivity contribution < 1.29 is 23.5 Å². The van der Waals surface area contributed by atoms with E-state index >= 15 is 0 Å². The summed E-state index contributed by atoms with van der Waals surface area (Å²) in [5.41, 5.74) is 3.16. The van der Waals surface area contributed by atoms with Gasteiger partial charge in [0.1, 0.15) is 11.5 Å². The number of halogens is 2. The molecule has 1 fully saturated rings. The lowest BCUT2D eigenvalue weighted by Gasteiger charge is -2.12. The van der Waals surface area contributed by atoms with Crippen molar-refractivity contribution in [1.82, 2.24) is 9.55 Å². The highest BCUT2D eigenvalue weighted by Gasteiger charge is 2.29. The molecule has 2 aromatic heterocycles.